The lowest BCUT2D eigenvalue weighted by Gasteiger charge is -2.08. The predicted octanol–water partition coefficient (Wildman–Crippen LogP) is 3.86. The number of para-hydroxylation sites is 1. The van der Waals surface area contributed by atoms with Crippen molar-refractivity contribution in [3.05, 3.63) is 112 Å². The number of rotatable bonds is 5. The number of carbonyl (C=O) groups excluding carboxylic acids is 2. The van der Waals surface area contributed by atoms with Gasteiger partial charge in [0, 0.05) is 23.9 Å². The molecule has 0 saturated heterocycles. The van der Waals surface area contributed by atoms with Gasteiger partial charge in [-0.2, -0.15) is 5.26 Å². The first-order valence-electron chi connectivity index (χ1n) is 10.5. The number of nitrogens with one attached hydrogen (secondary N) is 2. The van der Waals surface area contributed by atoms with Crippen molar-refractivity contribution in [2.75, 3.05) is 10.6 Å². The van der Waals surface area contributed by atoms with Gasteiger partial charge in [-0.25, -0.2) is 4.68 Å². The molecule has 34 heavy (non-hydrogen) atoms. The van der Waals surface area contributed by atoms with E-state index in [0.29, 0.717) is 28.2 Å². The molecule has 0 unspecified atom stereocenters. The Morgan fingerprint density at radius 3 is 2.21 bits per heavy atom. The Balaban J connectivity index is 1.55. The highest BCUT2D eigenvalue weighted by Crippen LogP contribution is 2.17. The summed E-state index contributed by atoms with van der Waals surface area (Å²) in [7, 11) is 1.75. The summed E-state index contributed by atoms with van der Waals surface area (Å²) >= 11 is 0. The summed E-state index contributed by atoms with van der Waals surface area (Å²) in [5, 5.41) is 14.3. The van der Waals surface area contributed by atoms with Gasteiger partial charge in [-0.05, 0) is 61.5 Å². The fourth-order valence-electron chi connectivity index (χ4n) is 3.54. The number of hydrogen-bond acceptors (Lipinski definition) is 4. The van der Waals surface area contributed by atoms with Gasteiger partial charge in [-0.1, -0.05) is 24.3 Å². The Morgan fingerprint density at radius 1 is 0.853 bits per heavy atom. The van der Waals surface area contributed by atoms with Gasteiger partial charge in [-0.3, -0.25) is 19.1 Å². The normalized spacial score (nSPS) is 10.4. The van der Waals surface area contributed by atoms with Crippen LogP contribution in [0.3, 0.4) is 0 Å². The minimum absolute atomic E-state index is 0.184. The number of nitrogens with zero attached hydrogens (tertiary/aromatic N) is 3. The van der Waals surface area contributed by atoms with Crippen molar-refractivity contribution >= 4 is 23.2 Å². The maximum absolute atomic E-state index is 13.0. The monoisotopic (exact) mass is 451 g/mol. The standard InChI is InChI=1S/C26H21N5O3/c1-17-23(26(34)31(30(17)2)22-9-4-3-5-10-22)29-25(33)20-7-6-8-21(15-20)28-24(32)19-13-11-18(16-27)12-14-19/h3-15H,1-2H3,(H,28,32)(H,29,33). The number of anilines is 2. The van der Waals surface area contributed by atoms with Crippen molar-refractivity contribution in [1.82, 2.24) is 9.36 Å². The topological polar surface area (TPSA) is 109 Å². The number of carbonyl (C=O) groups is 2. The van der Waals surface area contributed by atoms with Crippen molar-refractivity contribution in [3.63, 3.8) is 0 Å². The smallest absolute Gasteiger partial charge is 0.295 e. The number of aromatic nitrogens is 2. The zero-order chi connectivity index (χ0) is 24.2. The van der Waals surface area contributed by atoms with Gasteiger partial charge >= 0.3 is 0 Å². The van der Waals surface area contributed by atoms with E-state index in [9.17, 15) is 14.4 Å². The van der Waals surface area contributed by atoms with Crippen molar-refractivity contribution < 1.29 is 9.59 Å². The first kappa shape index (κ1) is 22.3. The second-order valence-electron chi connectivity index (χ2n) is 7.61. The molecule has 168 valence electrons. The summed E-state index contributed by atoms with van der Waals surface area (Å²) in [6.45, 7) is 1.75. The van der Waals surface area contributed by atoms with E-state index in [4.69, 9.17) is 5.26 Å². The van der Waals surface area contributed by atoms with Crippen LogP contribution in [0.5, 0.6) is 0 Å². The molecule has 0 radical (unpaired) electrons. The number of nitriles is 1. The molecule has 4 aromatic rings. The van der Waals surface area contributed by atoms with Gasteiger partial charge in [0.05, 0.1) is 23.0 Å². The Kier molecular flexibility index (Phi) is 6.10. The van der Waals surface area contributed by atoms with Crippen LogP contribution in [0, 0.1) is 18.3 Å². The molecule has 8 heteroatoms. The molecule has 0 fully saturated rings. The molecule has 0 aliphatic rings. The molecule has 0 bridgehead atoms. The Hall–Kier alpha value is -4.90. The van der Waals surface area contributed by atoms with Crippen LogP contribution >= 0.6 is 0 Å². The highest BCUT2D eigenvalue weighted by Gasteiger charge is 2.19. The van der Waals surface area contributed by atoms with Crippen molar-refractivity contribution in [2.45, 2.75) is 6.92 Å². The van der Waals surface area contributed by atoms with Gasteiger partial charge in [0.2, 0.25) is 0 Å². The molecule has 2 amide bonds. The molecular weight excluding hydrogens is 430 g/mol. The Morgan fingerprint density at radius 2 is 1.53 bits per heavy atom. The molecular formula is C26H21N5O3. The molecule has 8 nitrogen and oxygen atoms in total. The lowest BCUT2D eigenvalue weighted by molar-refractivity contribution is 0.101. The van der Waals surface area contributed by atoms with Crippen LogP contribution in [-0.4, -0.2) is 21.2 Å². The van der Waals surface area contributed by atoms with E-state index in [0.717, 1.165) is 0 Å². The minimum Gasteiger partial charge on any atom is -0.322 e. The minimum atomic E-state index is -0.472. The quantitative estimate of drug-likeness (QED) is 0.480. The third kappa shape index (κ3) is 4.36. The molecule has 0 aliphatic heterocycles. The molecule has 2 N–H and O–H groups in total. The van der Waals surface area contributed by atoms with Crippen LogP contribution in [0.2, 0.25) is 0 Å². The van der Waals surface area contributed by atoms with E-state index >= 15 is 0 Å². The van der Waals surface area contributed by atoms with E-state index in [1.807, 2.05) is 36.4 Å². The summed E-state index contributed by atoms with van der Waals surface area (Å²) in [5.74, 6) is -0.841. The van der Waals surface area contributed by atoms with Crippen molar-refractivity contribution in [1.29, 1.82) is 5.26 Å². The molecule has 0 saturated carbocycles. The summed E-state index contributed by atoms with van der Waals surface area (Å²) in [6.07, 6.45) is 0. The van der Waals surface area contributed by atoms with Gasteiger partial charge in [0.15, 0.2) is 0 Å². The van der Waals surface area contributed by atoms with Crippen LogP contribution in [0.1, 0.15) is 32.0 Å². The fourth-order valence-corrected chi connectivity index (χ4v) is 3.54. The predicted molar refractivity (Wildman–Crippen MR) is 129 cm³/mol. The van der Waals surface area contributed by atoms with Crippen molar-refractivity contribution in [2.24, 2.45) is 7.05 Å². The van der Waals surface area contributed by atoms with Crippen LogP contribution in [0.15, 0.2) is 83.7 Å². The first-order valence-corrected chi connectivity index (χ1v) is 10.5. The lowest BCUT2D eigenvalue weighted by atomic mass is 10.1. The SMILES string of the molecule is Cc1c(NC(=O)c2cccc(NC(=O)c3ccc(C#N)cc3)c2)c(=O)n(-c2ccccc2)n1C. The van der Waals surface area contributed by atoms with Gasteiger partial charge in [0.1, 0.15) is 5.69 Å². The third-order valence-corrected chi connectivity index (χ3v) is 5.45. The summed E-state index contributed by atoms with van der Waals surface area (Å²) in [6, 6.07) is 23.8. The maximum Gasteiger partial charge on any atom is 0.295 e. The van der Waals surface area contributed by atoms with E-state index in [1.165, 1.54) is 10.7 Å². The molecule has 1 heterocycles. The zero-order valence-corrected chi connectivity index (χ0v) is 18.6. The summed E-state index contributed by atoms with van der Waals surface area (Å²) in [4.78, 5) is 38.5. The maximum atomic E-state index is 13.0. The van der Waals surface area contributed by atoms with Crippen LogP contribution in [0.25, 0.3) is 5.69 Å². The summed E-state index contributed by atoms with van der Waals surface area (Å²) < 4.78 is 3.17. The fraction of sp³-hybridized carbons (Fsp3) is 0.0769. The van der Waals surface area contributed by atoms with Gasteiger partial charge in [0.25, 0.3) is 17.4 Å². The van der Waals surface area contributed by atoms with Crippen LogP contribution in [0.4, 0.5) is 11.4 Å². The van der Waals surface area contributed by atoms with Gasteiger partial charge < -0.3 is 10.6 Å². The largest absolute Gasteiger partial charge is 0.322 e. The zero-order valence-electron chi connectivity index (χ0n) is 18.6. The van der Waals surface area contributed by atoms with E-state index < -0.39 is 5.91 Å². The third-order valence-electron chi connectivity index (χ3n) is 5.45. The number of amides is 2. The first-order chi connectivity index (χ1) is 16.4. The Labute approximate surface area is 195 Å². The van der Waals surface area contributed by atoms with Gasteiger partial charge in [-0.15, -0.1) is 0 Å². The van der Waals surface area contributed by atoms with E-state index in [2.05, 4.69) is 10.6 Å². The molecule has 0 aliphatic carbocycles. The number of hydrogen-bond donors (Lipinski definition) is 2. The second kappa shape index (κ2) is 9.30. The highest BCUT2D eigenvalue weighted by molar-refractivity contribution is 6.07. The van der Waals surface area contributed by atoms with E-state index in [-0.39, 0.29) is 22.7 Å². The highest BCUT2D eigenvalue weighted by atomic mass is 16.2. The van der Waals surface area contributed by atoms with Crippen molar-refractivity contribution in [3.8, 4) is 11.8 Å². The molecule has 3 aromatic carbocycles. The molecule has 4 rings (SSSR count). The second-order valence-corrected chi connectivity index (χ2v) is 7.61. The molecule has 1 aromatic heterocycles. The average Bonchev–Trinajstić information content (AvgIpc) is 3.07. The number of benzene rings is 3. The Bertz CT molecular complexity index is 1480. The molecule has 0 spiro atoms. The lowest BCUT2D eigenvalue weighted by Crippen LogP contribution is -2.23. The molecule has 0 atom stereocenters. The summed E-state index contributed by atoms with van der Waals surface area (Å²) in [5.41, 5.74) is 2.68. The average molecular weight is 451 g/mol. The van der Waals surface area contributed by atoms with Crippen LogP contribution in [-0.2, 0) is 7.05 Å². The van der Waals surface area contributed by atoms with Crippen LogP contribution < -0.4 is 16.2 Å². The van der Waals surface area contributed by atoms with E-state index in [1.54, 1.807) is 61.1 Å².